The summed E-state index contributed by atoms with van der Waals surface area (Å²) in [5, 5.41) is 3.14. The maximum absolute atomic E-state index is 12.8. The third kappa shape index (κ3) is 3.90. The van der Waals surface area contributed by atoms with Gasteiger partial charge in [-0.25, -0.2) is 8.42 Å². The molecule has 8 nitrogen and oxygen atoms in total. The number of carbonyl (C=O) groups is 1. The molecule has 0 saturated heterocycles. The molecule has 1 spiro atoms. The van der Waals surface area contributed by atoms with Gasteiger partial charge in [-0.05, 0) is 42.5 Å². The highest BCUT2D eigenvalue weighted by molar-refractivity contribution is 8.14. The van der Waals surface area contributed by atoms with E-state index in [1.54, 1.807) is 30.3 Å². The summed E-state index contributed by atoms with van der Waals surface area (Å²) >= 11 is 1.49. The molecule has 152 valence electrons. The van der Waals surface area contributed by atoms with Crippen molar-refractivity contribution in [2.45, 2.75) is 23.8 Å². The van der Waals surface area contributed by atoms with Gasteiger partial charge < -0.3 is 15.8 Å². The number of fused-ring (bicyclic) bond motifs is 2. The highest BCUT2D eigenvalue weighted by Gasteiger charge is 2.41. The molecule has 2 aromatic carbocycles. The first-order valence-electron chi connectivity index (χ1n) is 8.93. The zero-order valence-corrected chi connectivity index (χ0v) is 17.3. The number of aliphatic imine (C=N–C) groups is 1. The second-order valence-corrected chi connectivity index (χ2v) is 9.57. The number of thioether (sulfide) groups is 1. The van der Waals surface area contributed by atoms with E-state index in [0.717, 1.165) is 5.56 Å². The zero-order valence-electron chi connectivity index (χ0n) is 15.6. The number of nitrogens with zero attached hydrogens (tertiary/aromatic N) is 1. The largest absolute Gasteiger partial charge is 0.493 e. The van der Waals surface area contributed by atoms with Crippen molar-refractivity contribution in [2.75, 3.05) is 22.4 Å². The molecule has 2 aliphatic heterocycles. The molecule has 1 unspecified atom stereocenters. The van der Waals surface area contributed by atoms with Crippen LogP contribution in [0.3, 0.4) is 0 Å². The number of hydrogen-bond acceptors (Lipinski definition) is 7. The SMILES string of the molecule is CC(=O)Nc1ccc(S(=O)(=O)Nc2ccc3c(c2)C2(CCO3)CSC(N)=N2)cc1. The molecule has 2 aliphatic rings. The van der Waals surface area contributed by atoms with Gasteiger partial charge in [-0.3, -0.25) is 14.5 Å². The molecule has 2 aromatic rings. The van der Waals surface area contributed by atoms with Crippen LogP contribution >= 0.6 is 11.8 Å². The molecule has 2 heterocycles. The Kier molecular flexibility index (Phi) is 4.91. The van der Waals surface area contributed by atoms with E-state index >= 15 is 0 Å². The van der Waals surface area contributed by atoms with Gasteiger partial charge in [0, 0.05) is 36.0 Å². The number of nitrogens with one attached hydrogen (secondary N) is 2. The number of benzene rings is 2. The van der Waals surface area contributed by atoms with E-state index in [0.29, 0.717) is 41.1 Å². The van der Waals surface area contributed by atoms with Crippen LogP contribution in [0.25, 0.3) is 0 Å². The first-order chi connectivity index (χ1) is 13.8. The van der Waals surface area contributed by atoms with Crippen molar-refractivity contribution in [3.05, 3.63) is 48.0 Å². The van der Waals surface area contributed by atoms with Gasteiger partial charge in [0.05, 0.1) is 11.5 Å². The summed E-state index contributed by atoms with van der Waals surface area (Å²) in [5.74, 6) is 1.17. The van der Waals surface area contributed by atoms with Gasteiger partial charge in [0.2, 0.25) is 5.91 Å². The topological polar surface area (TPSA) is 123 Å². The highest BCUT2D eigenvalue weighted by Crippen LogP contribution is 2.46. The van der Waals surface area contributed by atoms with Crippen molar-refractivity contribution in [3.8, 4) is 5.75 Å². The Hall–Kier alpha value is -2.72. The van der Waals surface area contributed by atoms with E-state index in [1.165, 1.54) is 30.8 Å². The van der Waals surface area contributed by atoms with Gasteiger partial charge in [-0.2, -0.15) is 0 Å². The van der Waals surface area contributed by atoms with Crippen LogP contribution in [0, 0.1) is 0 Å². The normalized spacial score (nSPS) is 20.5. The lowest BCUT2D eigenvalue weighted by Crippen LogP contribution is -2.32. The van der Waals surface area contributed by atoms with Crippen molar-refractivity contribution < 1.29 is 17.9 Å². The minimum absolute atomic E-state index is 0.0916. The lowest BCUT2D eigenvalue weighted by atomic mass is 9.86. The molecular formula is C19H20N4O4S2. The van der Waals surface area contributed by atoms with E-state index in [2.05, 4.69) is 15.0 Å². The van der Waals surface area contributed by atoms with Crippen LogP contribution in [0.4, 0.5) is 11.4 Å². The average molecular weight is 433 g/mol. The number of nitrogens with two attached hydrogens (primary N) is 1. The van der Waals surface area contributed by atoms with E-state index in [9.17, 15) is 13.2 Å². The second kappa shape index (κ2) is 7.27. The minimum atomic E-state index is -3.80. The van der Waals surface area contributed by atoms with Crippen molar-refractivity contribution in [3.63, 3.8) is 0 Å². The zero-order chi connectivity index (χ0) is 20.6. The van der Waals surface area contributed by atoms with Gasteiger partial charge in [0.15, 0.2) is 5.17 Å². The molecule has 10 heteroatoms. The monoisotopic (exact) mass is 432 g/mol. The first kappa shape index (κ1) is 19.6. The van der Waals surface area contributed by atoms with Crippen LogP contribution in [0.15, 0.2) is 52.4 Å². The summed E-state index contributed by atoms with van der Waals surface area (Å²) in [6, 6.07) is 11.1. The summed E-state index contributed by atoms with van der Waals surface area (Å²) in [5.41, 5.74) is 7.19. The lowest BCUT2D eigenvalue weighted by Gasteiger charge is -2.32. The Balaban J connectivity index is 1.61. The summed E-state index contributed by atoms with van der Waals surface area (Å²) in [6.45, 7) is 1.93. The Bertz CT molecular complexity index is 1100. The molecule has 0 bridgehead atoms. The number of sulfonamides is 1. The number of amidine groups is 1. The standard InChI is InChI=1S/C19H20N4O4S2/c1-12(24)21-13-2-5-15(6-3-13)29(25,26)23-14-4-7-17-16(10-14)19(8-9-27-17)11-28-18(20)22-19/h2-7,10,23H,8-9,11H2,1H3,(H2,20,22)(H,21,24). The van der Waals surface area contributed by atoms with Crippen LogP contribution in [-0.2, 0) is 20.4 Å². The van der Waals surface area contributed by atoms with Crippen molar-refractivity contribution >= 4 is 44.2 Å². The van der Waals surface area contributed by atoms with Gasteiger partial charge in [-0.1, -0.05) is 11.8 Å². The molecule has 0 aliphatic carbocycles. The molecule has 0 saturated carbocycles. The van der Waals surface area contributed by atoms with E-state index in [4.69, 9.17) is 10.5 Å². The summed E-state index contributed by atoms with van der Waals surface area (Å²) in [7, 11) is -3.80. The van der Waals surface area contributed by atoms with Gasteiger partial charge in [-0.15, -0.1) is 0 Å². The number of amides is 1. The summed E-state index contributed by atoms with van der Waals surface area (Å²) < 4.78 is 33.9. The van der Waals surface area contributed by atoms with E-state index in [-0.39, 0.29) is 10.8 Å². The third-order valence-electron chi connectivity index (χ3n) is 4.77. The molecule has 0 aromatic heterocycles. The fourth-order valence-electron chi connectivity index (χ4n) is 3.42. The second-order valence-electron chi connectivity index (χ2n) is 6.89. The van der Waals surface area contributed by atoms with Gasteiger partial charge in [0.1, 0.15) is 11.3 Å². The lowest BCUT2D eigenvalue weighted by molar-refractivity contribution is -0.114. The average Bonchev–Trinajstić information content (AvgIpc) is 3.03. The minimum Gasteiger partial charge on any atom is -0.493 e. The molecule has 4 N–H and O–H groups in total. The Morgan fingerprint density at radius 3 is 2.59 bits per heavy atom. The molecule has 0 radical (unpaired) electrons. The predicted octanol–water partition coefficient (Wildman–Crippen LogP) is 2.49. The van der Waals surface area contributed by atoms with Crippen LogP contribution in [-0.4, -0.2) is 31.9 Å². The Morgan fingerprint density at radius 2 is 1.93 bits per heavy atom. The number of carbonyl (C=O) groups excluding carboxylic acids is 1. The Labute approximate surface area is 173 Å². The smallest absolute Gasteiger partial charge is 0.261 e. The number of rotatable bonds is 4. The molecule has 1 amide bonds. The Morgan fingerprint density at radius 1 is 1.21 bits per heavy atom. The van der Waals surface area contributed by atoms with Crippen LogP contribution in [0.1, 0.15) is 18.9 Å². The number of ether oxygens (including phenoxy) is 1. The first-order valence-corrected chi connectivity index (χ1v) is 11.4. The molecular weight excluding hydrogens is 412 g/mol. The maximum atomic E-state index is 12.8. The highest BCUT2D eigenvalue weighted by atomic mass is 32.2. The van der Waals surface area contributed by atoms with Crippen molar-refractivity contribution in [1.29, 1.82) is 0 Å². The summed E-state index contributed by atoms with van der Waals surface area (Å²) in [6.07, 6.45) is 0.689. The quantitative estimate of drug-likeness (QED) is 0.682. The fourth-order valence-corrected chi connectivity index (χ4v) is 5.46. The fraction of sp³-hybridized carbons (Fsp3) is 0.263. The van der Waals surface area contributed by atoms with Crippen molar-refractivity contribution in [1.82, 2.24) is 0 Å². The van der Waals surface area contributed by atoms with E-state index < -0.39 is 15.6 Å². The maximum Gasteiger partial charge on any atom is 0.261 e. The number of hydrogen-bond donors (Lipinski definition) is 3. The van der Waals surface area contributed by atoms with E-state index in [1.807, 2.05) is 0 Å². The molecule has 0 fully saturated rings. The third-order valence-corrected chi connectivity index (χ3v) is 7.18. The van der Waals surface area contributed by atoms with Gasteiger partial charge >= 0.3 is 0 Å². The number of anilines is 2. The summed E-state index contributed by atoms with van der Waals surface area (Å²) in [4.78, 5) is 15.8. The van der Waals surface area contributed by atoms with Crippen molar-refractivity contribution in [2.24, 2.45) is 10.7 Å². The molecule has 1 atom stereocenters. The van der Waals surface area contributed by atoms with Crippen LogP contribution in [0.5, 0.6) is 5.75 Å². The predicted molar refractivity (Wildman–Crippen MR) is 114 cm³/mol. The molecule has 4 rings (SSSR count). The van der Waals surface area contributed by atoms with Crippen LogP contribution in [0.2, 0.25) is 0 Å². The van der Waals surface area contributed by atoms with Crippen LogP contribution < -0.4 is 20.5 Å². The van der Waals surface area contributed by atoms with Gasteiger partial charge in [0.25, 0.3) is 10.0 Å². The molecule has 29 heavy (non-hydrogen) atoms.